The highest BCUT2D eigenvalue weighted by Crippen LogP contribution is 2.29. The van der Waals surface area contributed by atoms with Gasteiger partial charge in [-0.3, -0.25) is 23.9 Å². The molecule has 1 aliphatic rings. The summed E-state index contributed by atoms with van der Waals surface area (Å²) in [5.74, 6) is 0.367. The Kier molecular flexibility index (Phi) is 5.95. The van der Waals surface area contributed by atoms with Gasteiger partial charge in [-0.25, -0.2) is 14.2 Å². The largest absolute Gasteiger partial charge is 0.363 e. The smallest absolute Gasteiger partial charge is 0.267 e. The van der Waals surface area contributed by atoms with E-state index >= 15 is 0 Å². The highest BCUT2D eigenvalue weighted by molar-refractivity contribution is 7.83. The lowest BCUT2D eigenvalue weighted by Gasteiger charge is -2.43. The van der Waals surface area contributed by atoms with Crippen LogP contribution in [-0.4, -0.2) is 65.2 Å². The molecule has 1 fully saturated rings. The summed E-state index contributed by atoms with van der Waals surface area (Å²) >= 11 is 0. The number of nitrogens with zero attached hydrogens (tertiary/aromatic N) is 7. The number of aryl methyl sites for hydroxylation is 1. The first-order chi connectivity index (χ1) is 16.3. The van der Waals surface area contributed by atoms with E-state index in [-0.39, 0.29) is 17.6 Å². The van der Waals surface area contributed by atoms with Crippen LogP contribution in [-0.2, 0) is 23.6 Å². The normalized spacial score (nSPS) is 19.1. The van der Waals surface area contributed by atoms with Crippen LogP contribution in [0.25, 0.3) is 16.7 Å². The quantitative estimate of drug-likeness (QED) is 0.433. The van der Waals surface area contributed by atoms with Crippen molar-refractivity contribution in [2.24, 2.45) is 7.05 Å². The Bertz CT molecular complexity index is 1450. The van der Waals surface area contributed by atoms with Crippen LogP contribution in [0.2, 0.25) is 0 Å². The molecule has 0 radical (unpaired) electrons. The molecule has 178 valence electrons. The summed E-state index contributed by atoms with van der Waals surface area (Å²) in [6, 6.07) is 8.38. The van der Waals surface area contributed by atoms with Crippen LogP contribution in [0.4, 0.5) is 5.69 Å². The van der Waals surface area contributed by atoms with Crippen LogP contribution < -0.4 is 10.5 Å². The van der Waals surface area contributed by atoms with Gasteiger partial charge >= 0.3 is 0 Å². The fraction of sp³-hybridized carbons (Fsp3) is 0.417. The van der Waals surface area contributed by atoms with Gasteiger partial charge in [-0.1, -0.05) is 6.07 Å². The maximum absolute atomic E-state index is 12.7. The van der Waals surface area contributed by atoms with Crippen molar-refractivity contribution in [3.8, 4) is 0 Å². The summed E-state index contributed by atoms with van der Waals surface area (Å²) < 4.78 is 15.1. The van der Waals surface area contributed by atoms with E-state index in [0.29, 0.717) is 5.75 Å². The molecule has 0 amide bonds. The molecule has 3 aromatic heterocycles. The molecule has 0 N–H and O–H groups in total. The van der Waals surface area contributed by atoms with Crippen molar-refractivity contribution < 1.29 is 4.21 Å². The van der Waals surface area contributed by atoms with E-state index < -0.39 is 10.8 Å². The summed E-state index contributed by atoms with van der Waals surface area (Å²) in [5.41, 5.74) is 5.21. The molecular weight excluding hydrogens is 450 g/mol. The summed E-state index contributed by atoms with van der Waals surface area (Å²) in [7, 11) is 0.724. The third kappa shape index (κ3) is 4.12. The third-order valence-electron chi connectivity index (χ3n) is 6.71. The molecule has 10 heteroatoms. The van der Waals surface area contributed by atoms with E-state index in [9.17, 15) is 9.00 Å². The van der Waals surface area contributed by atoms with Gasteiger partial charge in [-0.2, -0.15) is 0 Å². The van der Waals surface area contributed by atoms with Crippen molar-refractivity contribution in [2.45, 2.75) is 31.7 Å². The fourth-order valence-corrected chi connectivity index (χ4v) is 5.39. The molecule has 0 bridgehead atoms. The van der Waals surface area contributed by atoms with Gasteiger partial charge in [0.2, 0.25) is 0 Å². The van der Waals surface area contributed by atoms with Gasteiger partial charge in [0, 0.05) is 74.3 Å². The molecule has 4 heterocycles. The molecule has 4 aromatic rings. The molecule has 3 atom stereocenters. The van der Waals surface area contributed by atoms with E-state index in [4.69, 9.17) is 4.98 Å². The molecular formula is C24H29N7O2S. The van der Waals surface area contributed by atoms with Gasteiger partial charge in [-0.05, 0) is 31.5 Å². The third-order valence-corrected chi connectivity index (χ3v) is 7.41. The van der Waals surface area contributed by atoms with Crippen molar-refractivity contribution in [3.05, 3.63) is 64.5 Å². The van der Waals surface area contributed by atoms with Crippen molar-refractivity contribution in [1.29, 1.82) is 0 Å². The first-order valence-corrected chi connectivity index (χ1v) is 13.1. The number of hydrogen-bond acceptors (Lipinski definition) is 7. The van der Waals surface area contributed by atoms with E-state index in [0.717, 1.165) is 47.7 Å². The second-order valence-corrected chi connectivity index (χ2v) is 10.5. The lowest BCUT2D eigenvalue weighted by atomic mass is 10.0. The molecule has 1 saturated heterocycles. The minimum absolute atomic E-state index is 0.0932. The van der Waals surface area contributed by atoms with E-state index in [1.54, 1.807) is 41.0 Å². The number of piperazine rings is 1. The molecule has 1 aliphatic heterocycles. The first-order valence-electron chi connectivity index (χ1n) is 11.4. The molecule has 0 spiro atoms. The molecule has 34 heavy (non-hydrogen) atoms. The van der Waals surface area contributed by atoms with Gasteiger partial charge < -0.3 is 4.90 Å². The zero-order chi connectivity index (χ0) is 24.0. The molecule has 0 saturated carbocycles. The van der Waals surface area contributed by atoms with Gasteiger partial charge in [-0.15, -0.1) is 0 Å². The number of aromatic nitrogens is 5. The molecule has 0 aliphatic carbocycles. The van der Waals surface area contributed by atoms with Crippen LogP contribution in [0.3, 0.4) is 0 Å². The highest BCUT2D eigenvalue weighted by atomic mass is 32.2. The second-order valence-electron chi connectivity index (χ2n) is 9.03. The first kappa shape index (κ1) is 22.7. The Morgan fingerprint density at radius 1 is 1.15 bits per heavy atom. The molecule has 3 unspecified atom stereocenters. The van der Waals surface area contributed by atoms with Crippen molar-refractivity contribution in [1.82, 2.24) is 29.0 Å². The predicted octanol–water partition coefficient (Wildman–Crippen LogP) is 2.13. The van der Waals surface area contributed by atoms with E-state index in [1.165, 1.54) is 5.56 Å². The minimum Gasteiger partial charge on any atom is -0.363 e. The number of benzene rings is 1. The fourth-order valence-electron chi connectivity index (χ4n) is 4.84. The van der Waals surface area contributed by atoms with Gasteiger partial charge in [0.15, 0.2) is 5.65 Å². The summed E-state index contributed by atoms with van der Waals surface area (Å²) in [5, 5.41) is 0. The number of fused-ring (bicyclic) bond motifs is 2. The van der Waals surface area contributed by atoms with Crippen LogP contribution in [0.5, 0.6) is 0 Å². The minimum atomic E-state index is -1.00. The topological polar surface area (TPSA) is 88.6 Å². The Morgan fingerprint density at radius 3 is 2.65 bits per heavy atom. The van der Waals surface area contributed by atoms with E-state index in [1.807, 2.05) is 12.3 Å². The highest BCUT2D eigenvalue weighted by Gasteiger charge is 2.29. The average Bonchev–Trinajstić information content (AvgIpc) is 3.24. The molecule has 9 nitrogen and oxygen atoms in total. The maximum atomic E-state index is 12.7. The van der Waals surface area contributed by atoms with Crippen LogP contribution >= 0.6 is 0 Å². The van der Waals surface area contributed by atoms with Crippen molar-refractivity contribution in [2.75, 3.05) is 30.8 Å². The molecule has 1 aromatic carbocycles. The SMILES string of the molecule is CC(c1ccc2nccnc2c1)N1CCN(c2cc(=O)n(C)n3cc(CS(C)=O)nc23)C(C)C1. The van der Waals surface area contributed by atoms with E-state index in [2.05, 4.69) is 45.7 Å². The maximum Gasteiger partial charge on any atom is 0.267 e. The Labute approximate surface area is 200 Å². The summed E-state index contributed by atoms with van der Waals surface area (Å²) in [6.07, 6.45) is 6.91. The Balaban J connectivity index is 1.41. The van der Waals surface area contributed by atoms with Gasteiger partial charge in [0.25, 0.3) is 5.56 Å². The molecule has 5 rings (SSSR count). The summed E-state index contributed by atoms with van der Waals surface area (Å²) in [4.78, 5) is 31.0. The van der Waals surface area contributed by atoms with Crippen LogP contribution in [0.1, 0.15) is 31.1 Å². The Hall–Kier alpha value is -3.11. The zero-order valence-corrected chi connectivity index (χ0v) is 20.7. The van der Waals surface area contributed by atoms with Gasteiger partial charge in [0.05, 0.1) is 34.4 Å². The van der Waals surface area contributed by atoms with Crippen LogP contribution in [0.15, 0.2) is 47.7 Å². The monoisotopic (exact) mass is 479 g/mol. The van der Waals surface area contributed by atoms with Gasteiger partial charge in [0.1, 0.15) is 0 Å². The average molecular weight is 480 g/mol. The number of hydrogen-bond donors (Lipinski definition) is 0. The lowest BCUT2D eigenvalue weighted by molar-refractivity contribution is 0.176. The van der Waals surface area contributed by atoms with Crippen LogP contribution in [0, 0.1) is 0 Å². The predicted molar refractivity (Wildman–Crippen MR) is 135 cm³/mol. The van der Waals surface area contributed by atoms with Crippen molar-refractivity contribution >= 4 is 33.2 Å². The number of imidazole rings is 1. The zero-order valence-electron chi connectivity index (χ0n) is 19.9. The summed E-state index contributed by atoms with van der Waals surface area (Å²) in [6.45, 7) is 6.90. The Morgan fingerprint density at radius 2 is 1.91 bits per heavy atom. The second kappa shape index (κ2) is 8.92. The standard InChI is InChI=1S/C24H29N7O2S/c1-16-13-29(17(2)18-5-6-20-21(11-18)26-8-7-25-20)9-10-30(16)22-12-23(32)28(3)31-14-19(15-34(4)33)27-24(22)31/h5-8,11-12,14,16-17H,9-10,13,15H2,1-4H3. The number of rotatable bonds is 5. The lowest BCUT2D eigenvalue weighted by Crippen LogP contribution is -2.53. The number of anilines is 1. The van der Waals surface area contributed by atoms with Crippen molar-refractivity contribution in [3.63, 3.8) is 0 Å².